The van der Waals surface area contributed by atoms with Crippen LogP contribution in [0.3, 0.4) is 0 Å². The number of ether oxygens (including phenoxy) is 2. The van der Waals surface area contributed by atoms with E-state index in [9.17, 15) is 9.59 Å². The molecule has 0 fully saturated rings. The van der Waals surface area contributed by atoms with Crippen molar-refractivity contribution >= 4 is 56.1 Å². The number of aromatic nitrogens is 8. The van der Waals surface area contributed by atoms with Crippen LogP contribution in [0.15, 0.2) is 121 Å². The molecule has 0 spiro atoms. The average molecular weight is 920 g/mol. The number of aliphatic hydroxyl groups excluding tert-OH is 2. The Hall–Kier alpha value is -6.86. The number of benzene rings is 4. The summed E-state index contributed by atoms with van der Waals surface area (Å²) in [6.07, 6.45) is 2.09. The topological polar surface area (TPSA) is 199 Å². The average Bonchev–Trinajstić information content (AvgIpc) is 3.92. The number of rotatable bonds is 2. The van der Waals surface area contributed by atoms with Crippen molar-refractivity contribution in [3.63, 3.8) is 0 Å². The van der Waals surface area contributed by atoms with E-state index >= 15 is 0 Å². The van der Waals surface area contributed by atoms with Gasteiger partial charge >= 0.3 is 38.1 Å². The van der Waals surface area contributed by atoms with Crippen molar-refractivity contribution in [1.29, 1.82) is 0 Å². The van der Waals surface area contributed by atoms with Crippen molar-refractivity contribution in [1.82, 2.24) is 39.9 Å². The first-order chi connectivity index (χ1) is 29.4. The van der Waals surface area contributed by atoms with Crippen LogP contribution in [0.25, 0.3) is 89.7 Å². The molecule has 63 heavy (non-hydrogen) atoms. The standard InChI is InChI=1S/C32H16N8.2C8H14O3.Zr/c1-2-10-18-17(9-1)25-33-26(18)38-28-21-13-5-6-14-22(21)30(35-28)40-32-24-16-8-7-15-23(24)31(36-32)39-29-20-12-4-3-11-19(20)27(34-29)37-25;2*1-6(9)5-7(10)11-8(2,3)4;/h1-16H;2*5,9H,1-4H3;/q-2;;;+2. The van der Waals surface area contributed by atoms with Gasteiger partial charge in [-0.3, -0.25) is 0 Å². The molecular weight excluding hydrogens is 876 g/mol. The monoisotopic (exact) mass is 918 g/mol. The van der Waals surface area contributed by atoms with E-state index in [4.69, 9.17) is 59.6 Å². The molecule has 5 heterocycles. The van der Waals surface area contributed by atoms with Crippen LogP contribution in [-0.4, -0.2) is 63.3 Å². The first-order valence-corrected chi connectivity index (χ1v) is 19.7. The molecule has 0 amide bonds. The fourth-order valence-corrected chi connectivity index (χ4v) is 6.46. The van der Waals surface area contributed by atoms with E-state index in [-0.39, 0.29) is 37.7 Å². The van der Waals surface area contributed by atoms with Gasteiger partial charge < -0.3 is 49.6 Å². The molecule has 2 aliphatic rings. The largest absolute Gasteiger partial charge is 2.00 e. The summed E-state index contributed by atoms with van der Waals surface area (Å²) in [4.78, 5) is 60.9. The van der Waals surface area contributed by atoms with Crippen LogP contribution in [0.5, 0.6) is 0 Å². The van der Waals surface area contributed by atoms with Gasteiger partial charge in [-0.1, -0.05) is 97.1 Å². The molecule has 316 valence electrons. The summed E-state index contributed by atoms with van der Waals surface area (Å²) >= 11 is 0. The van der Waals surface area contributed by atoms with Crippen molar-refractivity contribution < 1.29 is 55.5 Å². The fourth-order valence-electron chi connectivity index (χ4n) is 6.46. The minimum absolute atomic E-state index is 0. The Morgan fingerprint density at radius 2 is 0.698 bits per heavy atom. The van der Waals surface area contributed by atoms with Crippen LogP contribution in [0, 0.1) is 0 Å². The number of carbonyl (C=O) groups excluding carboxylic acids is 2. The molecule has 8 bridgehead atoms. The summed E-state index contributed by atoms with van der Waals surface area (Å²) in [6.45, 7) is 13.5. The molecule has 0 atom stereocenters. The summed E-state index contributed by atoms with van der Waals surface area (Å²) in [5.41, 5.74) is 4.79. The zero-order valence-electron chi connectivity index (χ0n) is 36.0. The summed E-state index contributed by atoms with van der Waals surface area (Å²) in [5, 5.41) is 20.9. The van der Waals surface area contributed by atoms with Crippen LogP contribution >= 0.6 is 0 Å². The number of aliphatic hydroxyl groups is 2. The van der Waals surface area contributed by atoms with Gasteiger partial charge in [0.15, 0.2) is 0 Å². The van der Waals surface area contributed by atoms with Gasteiger partial charge in [0.2, 0.25) is 0 Å². The Bertz CT molecular complexity index is 2730. The fraction of sp³-hybridized carbons (Fsp3) is 0.208. The van der Waals surface area contributed by atoms with Gasteiger partial charge in [-0.25, -0.2) is 19.6 Å². The molecule has 4 aromatic carbocycles. The second-order valence-corrected chi connectivity index (χ2v) is 16.3. The van der Waals surface area contributed by atoms with Crippen molar-refractivity contribution in [2.75, 3.05) is 0 Å². The molecule has 15 heteroatoms. The van der Waals surface area contributed by atoms with Gasteiger partial charge in [0, 0.05) is 44.8 Å². The molecule has 0 saturated carbocycles. The van der Waals surface area contributed by atoms with Crippen LogP contribution in [0.1, 0.15) is 55.4 Å². The molecule has 0 radical (unpaired) electrons. The maximum atomic E-state index is 10.8. The van der Waals surface area contributed by atoms with E-state index in [1.54, 1.807) is 41.5 Å². The maximum absolute atomic E-state index is 10.8. The van der Waals surface area contributed by atoms with Crippen LogP contribution in [-0.2, 0) is 45.3 Å². The minimum atomic E-state index is -0.516. The van der Waals surface area contributed by atoms with E-state index in [1.165, 1.54) is 13.8 Å². The number of esters is 2. The number of allylic oxidation sites excluding steroid dienone is 2. The molecule has 14 nitrogen and oxygen atoms in total. The molecule has 0 unspecified atom stereocenters. The third-order valence-corrected chi connectivity index (χ3v) is 8.80. The van der Waals surface area contributed by atoms with Crippen molar-refractivity contribution in [3.8, 4) is 45.6 Å². The van der Waals surface area contributed by atoms with Gasteiger partial charge in [0.1, 0.15) is 11.2 Å². The number of fused-ring (bicyclic) bond motifs is 20. The first-order valence-electron chi connectivity index (χ1n) is 19.7. The van der Waals surface area contributed by atoms with Gasteiger partial charge in [0.05, 0.1) is 47.0 Å². The van der Waals surface area contributed by atoms with E-state index in [2.05, 4.69) is 0 Å². The Morgan fingerprint density at radius 1 is 0.460 bits per heavy atom. The summed E-state index contributed by atoms with van der Waals surface area (Å²) < 4.78 is 9.75. The zero-order valence-corrected chi connectivity index (χ0v) is 38.5. The SMILES string of the molecule is CC(O)=CC(=O)OC(C)(C)C.CC(O)=CC(=O)OC(C)(C)C.[Zr+2].c1ccc2c(c1)-c1nc-2nc2[n-]c(nc3nc(nc4[n-]c(n1)c1ccccc41)-c1ccccc1-3)c1ccccc21. The smallest absolute Gasteiger partial charge is 0.512 e. The molecule has 9 rings (SSSR count). The van der Waals surface area contributed by atoms with E-state index in [0.29, 0.717) is 45.9 Å². The first kappa shape index (κ1) is 45.7. The third-order valence-electron chi connectivity index (χ3n) is 8.80. The number of hydrogen-bond acceptors (Lipinski definition) is 12. The molecule has 0 aliphatic carbocycles. The predicted octanol–water partition coefficient (Wildman–Crippen LogP) is 9.70. The number of carbonyl (C=O) groups is 2. The van der Waals surface area contributed by atoms with E-state index in [1.807, 2.05) is 97.1 Å². The minimum Gasteiger partial charge on any atom is -0.512 e. The summed E-state index contributed by atoms with van der Waals surface area (Å²) in [6, 6.07) is 31.8. The van der Waals surface area contributed by atoms with Gasteiger partial charge in [0.25, 0.3) is 0 Å². The van der Waals surface area contributed by atoms with E-state index < -0.39 is 23.1 Å². The van der Waals surface area contributed by atoms with E-state index in [0.717, 1.165) is 56.0 Å². The van der Waals surface area contributed by atoms with Crippen molar-refractivity contribution in [3.05, 3.63) is 121 Å². The van der Waals surface area contributed by atoms with Gasteiger partial charge in [-0.2, -0.15) is 0 Å². The van der Waals surface area contributed by atoms with Gasteiger partial charge in [-0.05, 0) is 76.9 Å². The van der Waals surface area contributed by atoms with Crippen LogP contribution < -0.4 is 9.97 Å². The zero-order chi connectivity index (χ0) is 44.3. The molecule has 0 saturated heterocycles. The van der Waals surface area contributed by atoms with Crippen molar-refractivity contribution in [2.45, 2.75) is 66.6 Å². The maximum Gasteiger partial charge on any atom is 2.00 e. The van der Waals surface area contributed by atoms with Crippen LogP contribution in [0.4, 0.5) is 0 Å². The quantitative estimate of drug-likeness (QED) is 0.0943. The summed E-state index contributed by atoms with van der Waals surface area (Å²) in [7, 11) is 0. The molecule has 7 aromatic rings. The Morgan fingerprint density at radius 3 is 0.921 bits per heavy atom. The van der Waals surface area contributed by atoms with Gasteiger partial charge in [-0.15, -0.1) is 0 Å². The Labute approximate surface area is 382 Å². The predicted molar refractivity (Wildman–Crippen MR) is 238 cm³/mol. The van der Waals surface area contributed by atoms with Crippen LogP contribution in [0.2, 0.25) is 0 Å². The summed E-state index contributed by atoms with van der Waals surface area (Å²) in [5.74, 6) is 1.09. The Balaban J connectivity index is 0.000000240. The normalized spacial score (nSPS) is 12.1. The molecule has 3 aromatic heterocycles. The third kappa shape index (κ3) is 11.0. The molecule has 2 N–H and O–H groups in total. The second-order valence-electron chi connectivity index (χ2n) is 16.3. The number of hydrogen-bond donors (Lipinski definition) is 2. The van der Waals surface area contributed by atoms with Crippen molar-refractivity contribution in [2.24, 2.45) is 0 Å². The molecular formula is C48H44N8O6Zr. The number of nitrogens with zero attached hydrogens (tertiary/aromatic N) is 8. The molecule has 2 aliphatic heterocycles. The second kappa shape index (κ2) is 18.6. The Kier molecular flexibility index (Phi) is 13.5.